The van der Waals surface area contributed by atoms with Crippen molar-refractivity contribution in [2.45, 2.75) is 77.8 Å². The highest BCUT2D eigenvalue weighted by atomic mass is 16.6. The van der Waals surface area contributed by atoms with Crippen LogP contribution in [0.2, 0.25) is 0 Å². The standard InChI is InChI=1S/C24H32O7/c1-12-15-8-10-29-17(15)11-16-19(12)20(30-13(2)25)21(31-14(3)26)24(28)22(4,5)9-7-18(27)23(16,24)6/h8,10,16,18-21,27-28H,1,7,9,11H2,2-6H3. The lowest BCUT2D eigenvalue weighted by molar-refractivity contribution is -0.331. The Morgan fingerprint density at radius 2 is 1.84 bits per heavy atom. The van der Waals surface area contributed by atoms with Gasteiger partial charge in [0.2, 0.25) is 0 Å². The van der Waals surface area contributed by atoms with Crippen LogP contribution in [-0.2, 0) is 25.5 Å². The van der Waals surface area contributed by atoms with Crippen molar-refractivity contribution in [2.75, 3.05) is 0 Å². The van der Waals surface area contributed by atoms with Gasteiger partial charge in [-0.1, -0.05) is 27.4 Å². The molecule has 0 spiro atoms. The second-order valence-electron chi connectivity index (χ2n) is 10.2. The van der Waals surface area contributed by atoms with Gasteiger partial charge in [-0.15, -0.1) is 0 Å². The number of rotatable bonds is 2. The van der Waals surface area contributed by atoms with Gasteiger partial charge in [0.15, 0.2) is 6.10 Å². The predicted molar refractivity (Wildman–Crippen MR) is 112 cm³/mol. The third-order valence-electron chi connectivity index (χ3n) is 8.35. The van der Waals surface area contributed by atoms with Crippen molar-refractivity contribution >= 4 is 17.5 Å². The smallest absolute Gasteiger partial charge is 0.303 e. The highest BCUT2D eigenvalue weighted by Crippen LogP contribution is 2.67. The molecule has 7 nitrogen and oxygen atoms in total. The molecule has 2 saturated carbocycles. The van der Waals surface area contributed by atoms with Crippen LogP contribution >= 0.6 is 0 Å². The van der Waals surface area contributed by atoms with Crippen molar-refractivity contribution in [2.24, 2.45) is 22.7 Å². The maximum atomic E-state index is 12.5. The maximum absolute atomic E-state index is 12.5. The summed E-state index contributed by atoms with van der Waals surface area (Å²) in [6, 6.07) is 1.82. The summed E-state index contributed by atoms with van der Waals surface area (Å²) in [4.78, 5) is 24.3. The zero-order chi connectivity index (χ0) is 22.9. The largest absolute Gasteiger partial charge is 0.469 e. The molecule has 0 amide bonds. The molecule has 0 aliphatic heterocycles. The Hall–Kier alpha value is -2.12. The van der Waals surface area contributed by atoms with Gasteiger partial charge < -0.3 is 24.1 Å². The first-order valence-electron chi connectivity index (χ1n) is 10.9. The maximum Gasteiger partial charge on any atom is 0.303 e. The van der Waals surface area contributed by atoms with E-state index in [9.17, 15) is 19.8 Å². The van der Waals surface area contributed by atoms with Crippen molar-refractivity contribution in [3.8, 4) is 0 Å². The van der Waals surface area contributed by atoms with Crippen LogP contribution in [0.1, 0.15) is 58.8 Å². The van der Waals surface area contributed by atoms with Crippen LogP contribution in [-0.4, -0.2) is 46.1 Å². The summed E-state index contributed by atoms with van der Waals surface area (Å²) in [5, 5.41) is 23.8. The van der Waals surface area contributed by atoms with E-state index < -0.39 is 52.6 Å². The molecule has 0 aromatic carbocycles. The quantitative estimate of drug-likeness (QED) is 0.692. The molecule has 2 fully saturated rings. The fourth-order valence-corrected chi connectivity index (χ4v) is 6.82. The molecule has 0 radical (unpaired) electrons. The first-order chi connectivity index (χ1) is 14.4. The monoisotopic (exact) mass is 432 g/mol. The number of aliphatic hydroxyl groups is 2. The zero-order valence-electron chi connectivity index (χ0n) is 18.8. The van der Waals surface area contributed by atoms with E-state index in [4.69, 9.17) is 13.9 Å². The number of hydrogen-bond donors (Lipinski definition) is 2. The summed E-state index contributed by atoms with van der Waals surface area (Å²) >= 11 is 0. The normalized spacial score (nSPS) is 40.9. The van der Waals surface area contributed by atoms with Crippen molar-refractivity contribution in [3.63, 3.8) is 0 Å². The van der Waals surface area contributed by atoms with Crippen LogP contribution < -0.4 is 0 Å². The molecular weight excluding hydrogens is 400 g/mol. The number of furan rings is 1. The Morgan fingerprint density at radius 3 is 2.45 bits per heavy atom. The lowest BCUT2D eigenvalue weighted by Gasteiger charge is -2.69. The Bertz CT molecular complexity index is 930. The van der Waals surface area contributed by atoms with Gasteiger partial charge in [0.1, 0.15) is 17.5 Å². The molecule has 3 aliphatic carbocycles. The van der Waals surface area contributed by atoms with Crippen LogP contribution in [0.4, 0.5) is 0 Å². The van der Waals surface area contributed by atoms with Crippen LogP contribution in [0.15, 0.2) is 23.3 Å². The fourth-order valence-electron chi connectivity index (χ4n) is 6.82. The van der Waals surface area contributed by atoms with Crippen LogP contribution in [0, 0.1) is 22.7 Å². The Balaban J connectivity index is 2.00. The predicted octanol–water partition coefficient (Wildman–Crippen LogP) is 2.88. The van der Waals surface area contributed by atoms with Gasteiger partial charge in [-0.3, -0.25) is 9.59 Å². The van der Waals surface area contributed by atoms with Crippen LogP contribution in [0.3, 0.4) is 0 Å². The lowest BCUT2D eigenvalue weighted by atomic mass is 9.39. The molecule has 1 heterocycles. The second-order valence-corrected chi connectivity index (χ2v) is 10.2. The van der Waals surface area contributed by atoms with Gasteiger partial charge >= 0.3 is 11.9 Å². The van der Waals surface area contributed by atoms with E-state index in [0.717, 1.165) is 11.3 Å². The van der Waals surface area contributed by atoms with Gasteiger partial charge in [0, 0.05) is 37.2 Å². The topological polar surface area (TPSA) is 106 Å². The molecule has 4 rings (SSSR count). The summed E-state index contributed by atoms with van der Waals surface area (Å²) in [7, 11) is 0. The van der Waals surface area contributed by atoms with Gasteiger partial charge in [-0.2, -0.15) is 0 Å². The van der Waals surface area contributed by atoms with Gasteiger partial charge in [-0.25, -0.2) is 0 Å². The van der Waals surface area contributed by atoms with E-state index in [2.05, 4.69) is 6.58 Å². The van der Waals surface area contributed by atoms with E-state index in [-0.39, 0.29) is 5.92 Å². The molecule has 7 unspecified atom stereocenters. The van der Waals surface area contributed by atoms with Crippen molar-refractivity contribution in [1.82, 2.24) is 0 Å². The highest BCUT2D eigenvalue weighted by Gasteiger charge is 2.76. The van der Waals surface area contributed by atoms with Gasteiger partial charge in [-0.05, 0) is 35.8 Å². The SMILES string of the molecule is C=C1c2ccoc2CC2C1C(OC(C)=O)C(OC(C)=O)C1(O)C(C)(C)CCC(O)C21C. The lowest BCUT2D eigenvalue weighted by Crippen LogP contribution is -2.79. The van der Waals surface area contributed by atoms with E-state index in [1.807, 2.05) is 26.8 Å². The molecule has 3 aliphatic rings. The minimum absolute atomic E-state index is 0.339. The number of fused-ring (bicyclic) bond motifs is 4. The van der Waals surface area contributed by atoms with Gasteiger partial charge in [0.05, 0.1) is 12.4 Å². The second kappa shape index (κ2) is 6.94. The molecule has 1 aromatic rings. The molecule has 31 heavy (non-hydrogen) atoms. The van der Waals surface area contributed by atoms with E-state index in [1.54, 1.807) is 6.26 Å². The first kappa shape index (κ1) is 22.1. The van der Waals surface area contributed by atoms with Crippen LogP contribution in [0.25, 0.3) is 5.57 Å². The Kier molecular flexibility index (Phi) is 4.94. The minimum atomic E-state index is -1.66. The molecule has 0 saturated heterocycles. The van der Waals surface area contributed by atoms with E-state index in [1.165, 1.54) is 13.8 Å². The third-order valence-corrected chi connectivity index (χ3v) is 8.35. The van der Waals surface area contributed by atoms with E-state index >= 15 is 0 Å². The summed E-state index contributed by atoms with van der Waals surface area (Å²) in [5.74, 6) is -1.18. The first-order valence-corrected chi connectivity index (χ1v) is 10.9. The number of hydrogen-bond acceptors (Lipinski definition) is 7. The van der Waals surface area contributed by atoms with Crippen molar-refractivity contribution < 1.29 is 33.7 Å². The average molecular weight is 433 g/mol. The van der Waals surface area contributed by atoms with Crippen molar-refractivity contribution in [1.29, 1.82) is 0 Å². The summed E-state index contributed by atoms with van der Waals surface area (Å²) in [6.45, 7) is 12.5. The minimum Gasteiger partial charge on any atom is -0.469 e. The molecule has 7 heteroatoms. The summed E-state index contributed by atoms with van der Waals surface area (Å²) in [6.07, 6.45) is 0.112. The zero-order valence-corrected chi connectivity index (χ0v) is 18.8. The number of esters is 2. The number of carbonyl (C=O) groups is 2. The number of ether oxygens (including phenoxy) is 2. The molecule has 1 aromatic heterocycles. The Morgan fingerprint density at radius 1 is 1.19 bits per heavy atom. The highest BCUT2D eigenvalue weighted by molar-refractivity contribution is 5.72. The van der Waals surface area contributed by atoms with Crippen LogP contribution in [0.5, 0.6) is 0 Å². The molecule has 7 atom stereocenters. The number of carbonyl (C=O) groups excluding carboxylic acids is 2. The average Bonchev–Trinajstić information content (AvgIpc) is 3.14. The van der Waals surface area contributed by atoms with Crippen molar-refractivity contribution in [3.05, 3.63) is 30.2 Å². The van der Waals surface area contributed by atoms with E-state index in [0.29, 0.717) is 24.8 Å². The molecule has 170 valence electrons. The summed E-state index contributed by atoms with van der Waals surface area (Å²) < 4.78 is 17.2. The molecule has 0 bridgehead atoms. The molecular formula is C24H32O7. The summed E-state index contributed by atoms with van der Waals surface area (Å²) in [5.41, 5.74) is -1.92. The van der Waals surface area contributed by atoms with Gasteiger partial charge in [0.25, 0.3) is 0 Å². The molecule has 2 N–H and O–H groups in total. The third kappa shape index (κ3) is 2.79. The fraction of sp³-hybridized carbons (Fsp3) is 0.667. The Labute approximate surface area is 182 Å². The number of aliphatic hydroxyl groups excluding tert-OH is 1.